The van der Waals surface area contributed by atoms with Crippen molar-refractivity contribution in [3.05, 3.63) is 0 Å². The van der Waals surface area contributed by atoms with Gasteiger partial charge in [-0.05, 0) is 44.1 Å². The molecule has 2 atom stereocenters. The number of nitrogens with zero attached hydrogens (tertiary/aromatic N) is 1. The van der Waals surface area contributed by atoms with Gasteiger partial charge in [-0.25, -0.2) is 0 Å². The van der Waals surface area contributed by atoms with Crippen LogP contribution >= 0.6 is 0 Å². The second-order valence-corrected chi connectivity index (χ2v) is 6.50. The lowest BCUT2D eigenvalue weighted by molar-refractivity contribution is -0.133. The van der Waals surface area contributed by atoms with Gasteiger partial charge in [0, 0.05) is 25.6 Å². The van der Waals surface area contributed by atoms with Crippen molar-refractivity contribution in [3.8, 4) is 0 Å². The first-order valence-corrected chi connectivity index (χ1v) is 8.22. The molecule has 0 aliphatic carbocycles. The molecule has 2 aliphatic heterocycles. The minimum Gasteiger partial charge on any atom is -0.343 e. The third-order valence-corrected chi connectivity index (χ3v) is 4.99. The van der Waals surface area contributed by atoms with E-state index in [1.165, 1.54) is 38.5 Å². The SMILES string of the molecule is CCCC1CCN(C(=O)CC2NCCCC2C)CC1. The zero-order valence-corrected chi connectivity index (χ0v) is 12.7. The fourth-order valence-electron chi connectivity index (χ4n) is 3.58. The van der Waals surface area contributed by atoms with E-state index in [1.54, 1.807) is 0 Å². The molecular formula is C16H30N2O. The van der Waals surface area contributed by atoms with Crippen LogP contribution in [0.4, 0.5) is 0 Å². The lowest BCUT2D eigenvalue weighted by Gasteiger charge is -2.35. The molecule has 0 radical (unpaired) electrons. The van der Waals surface area contributed by atoms with Crippen molar-refractivity contribution in [2.24, 2.45) is 11.8 Å². The van der Waals surface area contributed by atoms with Gasteiger partial charge in [-0.3, -0.25) is 4.79 Å². The topological polar surface area (TPSA) is 32.3 Å². The number of amides is 1. The molecule has 0 aromatic heterocycles. The third kappa shape index (κ3) is 4.20. The Balaban J connectivity index is 1.74. The molecule has 0 spiro atoms. The lowest BCUT2D eigenvalue weighted by Crippen LogP contribution is -2.46. The number of carbonyl (C=O) groups excluding carboxylic acids is 1. The zero-order chi connectivity index (χ0) is 13.7. The Labute approximate surface area is 118 Å². The first-order chi connectivity index (χ1) is 9.20. The van der Waals surface area contributed by atoms with Gasteiger partial charge in [-0.2, -0.15) is 0 Å². The van der Waals surface area contributed by atoms with Gasteiger partial charge in [0.05, 0.1) is 0 Å². The molecule has 3 heteroatoms. The van der Waals surface area contributed by atoms with E-state index >= 15 is 0 Å². The molecule has 19 heavy (non-hydrogen) atoms. The van der Waals surface area contributed by atoms with E-state index in [1.807, 2.05) is 0 Å². The molecule has 1 amide bonds. The summed E-state index contributed by atoms with van der Waals surface area (Å²) in [4.78, 5) is 14.5. The van der Waals surface area contributed by atoms with Crippen LogP contribution in [0.1, 0.15) is 58.8 Å². The highest BCUT2D eigenvalue weighted by atomic mass is 16.2. The van der Waals surface area contributed by atoms with Crippen molar-refractivity contribution in [1.29, 1.82) is 0 Å². The first kappa shape index (κ1) is 14.8. The van der Waals surface area contributed by atoms with Crippen LogP contribution in [-0.2, 0) is 4.79 Å². The van der Waals surface area contributed by atoms with Crippen LogP contribution in [0.15, 0.2) is 0 Å². The largest absolute Gasteiger partial charge is 0.343 e. The molecule has 1 N–H and O–H groups in total. The first-order valence-electron chi connectivity index (χ1n) is 8.22. The molecular weight excluding hydrogens is 236 g/mol. The van der Waals surface area contributed by atoms with Crippen LogP contribution in [0, 0.1) is 11.8 Å². The van der Waals surface area contributed by atoms with Crippen molar-refractivity contribution in [1.82, 2.24) is 10.2 Å². The van der Waals surface area contributed by atoms with Crippen LogP contribution in [0.3, 0.4) is 0 Å². The predicted molar refractivity (Wildman–Crippen MR) is 79.0 cm³/mol. The van der Waals surface area contributed by atoms with Gasteiger partial charge >= 0.3 is 0 Å². The van der Waals surface area contributed by atoms with Gasteiger partial charge in [-0.1, -0.05) is 26.7 Å². The van der Waals surface area contributed by atoms with Crippen LogP contribution in [0.25, 0.3) is 0 Å². The fourth-order valence-corrected chi connectivity index (χ4v) is 3.58. The summed E-state index contributed by atoms with van der Waals surface area (Å²) in [6.07, 6.45) is 8.28. The van der Waals surface area contributed by atoms with Gasteiger partial charge < -0.3 is 10.2 Å². The molecule has 2 aliphatic rings. The van der Waals surface area contributed by atoms with E-state index < -0.39 is 0 Å². The Morgan fingerprint density at radius 1 is 1.26 bits per heavy atom. The molecule has 2 heterocycles. The summed E-state index contributed by atoms with van der Waals surface area (Å²) < 4.78 is 0. The minimum atomic E-state index is 0.376. The maximum absolute atomic E-state index is 12.4. The molecule has 2 unspecified atom stereocenters. The van der Waals surface area contributed by atoms with Gasteiger partial charge in [0.25, 0.3) is 0 Å². The number of carbonyl (C=O) groups is 1. The van der Waals surface area contributed by atoms with E-state index in [4.69, 9.17) is 0 Å². The minimum absolute atomic E-state index is 0.376. The van der Waals surface area contributed by atoms with Crippen molar-refractivity contribution < 1.29 is 4.79 Å². The highest BCUT2D eigenvalue weighted by Gasteiger charge is 2.27. The predicted octanol–water partition coefficient (Wildman–Crippen LogP) is 2.80. The maximum Gasteiger partial charge on any atom is 0.224 e. The molecule has 3 nitrogen and oxygen atoms in total. The smallest absolute Gasteiger partial charge is 0.224 e. The highest BCUT2D eigenvalue weighted by molar-refractivity contribution is 5.77. The van der Waals surface area contributed by atoms with E-state index in [9.17, 15) is 4.79 Å². The lowest BCUT2D eigenvalue weighted by atomic mass is 9.89. The van der Waals surface area contributed by atoms with E-state index in [0.717, 1.165) is 25.6 Å². The second kappa shape index (κ2) is 7.28. The van der Waals surface area contributed by atoms with Crippen molar-refractivity contribution >= 4 is 5.91 Å². The second-order valence-electron chi connectivity index (χ2n) is 6.50. The number of hydrogen-bond donors (Lipinski definition) is 1. The summed E-state index contributed by atoms with van der Waals surface area (Å²) in [7, 11) is 0. The maximum atomic E-state index is 12.4. The van der Waals surface area contributed by atoms with E-state index in [-0.39, 0.29) is 0 Å². The van der Waals surface area contributed by atoms with Crippen LogP contribution in [0.2, 0.25) is 0 Å². The summed E-state index contributed by atoms with van der Waals surface area (Å²) >= 11 is 0. The molecule has 0 bridgehead atoms. The standard InChI is InChI=1S/C16H30N2O/c1-3-5-14-7-10-18(11-8-14)16(19)12-15-13(2)6-4-9-17-15/h13-15,17H,3-12H2,1-2H3. The Morgan fingerprint density at radius 3 is 2.63 bits per heavy atom. The van der Waals surface area contributed by atoms with Gasteiger partial charge in [0.2, 0.25) is 5.91 Å². The Hall–Kier alpha value is -0.570. The normalized spacial score (nSPS) is 29.5. The molecule has 0 aromatic rings. The van der Waals surface area contributed by atoms with Crippen molar-refractivity contribution in [3.63, 3.8) is 0 Å². The van der Waals surface area contributed by atoms with Crippen LogP contribution in [0.5, 0.6) is 0 Å². The average molecular weight is 266 g/mol. The Bertz CT molecular complexity index is 284. The molecule has 2 saturated heterocycles. The summed E-state index contributed by atoms with van der Waals surface area (Å²) in [5, 5.41) is 3.52. The molecule has 0 saturated carbocycles. The average Bonchev–Trinajstić information content (AvgIpc) is 2.42. The summed E-state index contributed by atoms with van der Waals surface area (Å²) in [5.41, 5.74) is 0. The molecule has 2 fully saturated rings. The third-order valence-electron chi connectivity index (χ3n) is 4.99. The van der Waals surface area contributed by atoms with Crippen LogP contribution < -0.4 is 5.32 Å². The number of nitrogens with one attached hydrogen (secondary N) is 1. The molecule has 110 valence electrons. The quantitative estimate of drug-likeness (QED) is 0.848. The molecule has 0 aromatic carbocycles. The Kier molecular flexibility index (Phi) is 5.68. The monoisotopic (exact) mass is 266 g/mol. The number of hydrogen-bond acceptors (Lipinski definition) is 2. The highest BCUT2D eigenvalue weighted by Crippen LogP contribution is 2.24. The van der Waals surface area contributed by atoms with Gasteiger partial charge in [-0.15, -0.1) is 0 Å². The fraction of sp³-hybridized carbons (Fsp3) is 0.938. The Morgan fingerprint density at radius 2 is 2.00 bits per heavy atom. The van der Waals surface area contributed by atoms with Crippen LogP contribution in [-0.4, -0.2) is 36.5 Å². The van der Waals surface area contributed by atoms with Crippen molar-refractivity contribution in [2.75, 3.05) is 19.6 Å². The summed E-state index contributed by atoms with van der Waals surface area (Å²) in [5.74, 6) is 1.89. The van der Waals surface area contributed by atoms with Crippen molar-refractivity contribution in [2.45, 2.75) is 64.8 Å². The van der Waals surface area contributed by atoms with Gasteiger partial charge in [0.15, 0.2) is 0 Å². The van der Waals surface area contributed by atoms with Gasteiger partial charge in [0.1, 0.15) is 0 Å². The summed E-state index contributed by atoms with van der Waals surface area (Å²) in [6.45, 7) is 7.60. The van der Waals surface area contributed by atoms with E-state index in [2.05, 4.69) is 24.1 Å². The zero-order valence-electron chi connectivity index (χ0n) is 12.7. The van der Waals surface area contributed by atoms with E-state index in [0.29, 0.717) is 24.3 Å². The number of rotatable bonds is 4. The number of likely N-dealkylation sites (tertiary alicyclic amines) is 1. The summed E-state index contributed by atoms with van der Waals surface area (Å²) in [6, 6.07) is 0.412. The number of piperidine rings is 2. The molecule has 2 rings (SSSR count).